The van der Waals surface area contributed by atoms with Gasteiger partial charge in [0.1, 0.15) is 17.5 Å². The molecule has 3 atom stereocenters. The fraction of sp³-hybridized carbons (Fsp3) is 0.345. The molecule has 2 fully saturated rings. The zero-order valence-electron chi connectivity index (χ0n) is 20.7. The summed E-state index contributed by atoms with van der Waals surface area (Å²) < 4.78 is 23.3. The average molecular weight is 490 g/mol. The van der Waals surface area contributed by atoms with E-state index < -0.39 is 17.8 Å². The summed E-state index contributed by atoms with van der Waals surface area (Å²) in [5.74, 6) is 1.03. The van der Waals surface area contributed by atoms with Crippen LogP contribution in [-0.2, 0) is 15.1 Å². The minimum Gasteiger partial charge on any atom is -0.496 e. The van der Waals surface area contributed by atoms with Gasteiger partial charge in [0.2, 0.25) is 0 Å². The van der Waals surface area contributed by atoms with Crippen LogP contribution in [-0.4, -0.2) is 55.9 Å². The predicted octanol–water partition coefficient (Wildman–Crippen LogP) is 4.08. The summed E-state index contributed by atoms with van der Waals surface area (Å²) >= 11 is 0. The molecule has 7 nitrogen and oxygen atoms in total. The van der Waals surface area contributed by atoms with Gasteiger partial charge in [0.05, 0.1) is 27.4 Å². The molecule has 0 saturated carbocycles. The predicted molar refractivity (Wildman–Crippen MR) is 134 cm³/mol. The number of benzene rings is 3. The highest BCUT2D eigenvalue weighted by Gasteiger charge is 2.57. The van der Waals surface area contributed by atoms with E-state index in [-0.39, 0.29) is 11.9 Å². The highest BCUT2D eigenvalue weighted by molar-refractivity contribution is 5.84. The maximum absolute atomic E-state index is 13.8. The lowest BCUT2D eigenvalue weighted by Crippen LogP contribution is -2.62. The summed E-state index contributed by atoms with van der Waals surface area (Å²) in [6.07, 6.45) is -0.797. The number of aliphatic hydroxyl groups excluding tert-OH is 1. The van der Waals surface area contributed by atoms with Gasteiger partial charge in [0, 0.05) is 18.2 Å². The van der Waals surface area contributed by atoms with Crippen molar-refractivity contribution in [3.8, 4) is 17.2 Å². The van der Waals surface area contributed by atoms with Crippen molar-refractivity contribution in [2.75, 3.05) is 27.9 Å². The molecule has 1 amide bonds. The van der Waals surface area contributed by atoms with Gasteiger partial charge in [-0.05, 0) is 30.0 Å². The number of amides is 1. The fourth-order valence-electron chi connectivity index (χ4n) is 5.65. The number of hydrogen-bond donors (Lipinski definition) is 1. The molecule has 5 rings (SSSR count). The van der Waals surface area contributed by atoms with E-state index in [0.717, 1.165) is 24.0 Å². The molecule has 3 aromatic carbocycles. The van der Waals surface area contributed by atoms with E-state index in [9.17, 15) is 9.90 Å². The van der Waals surface area contributed by atoms with Crippen molar-refractivity contribution in [1.29, 1.82) is 0 Å². The highest BCUT2D eigenvalue weighted by atomic mass is 16.5. The van der Waals surface area contributed by atoms with E-state index in [2.05, 4.69) is 0 Å². The third-order valence-corrected chi connectivity index (χ3v) is 7.31. The summed E-state index contributed by atoms with van der Waals surface area (Å²) in [5, 5.41) is 11.7. The van der Waals surface area contributed by atoms with Gasteiger partial charge in [-0.2, -0.15) is 0 Å². The summed E-state index contributed by atoms with van der Waals surface area (Å²) in [6, 6.07) is 23.0. The minimum absolute atomic E-state index is 0.189. The van der Waals surface area contributed by atoms with Crippen LogP contribution >= 0.6 is 0 Å². The minimum atomic E-state index is -1.30. The first-order valence-corrected chi connectivity index (χ1v) is 12.1. The van der Waals surface area contributed by atoms with Gasteiger partial charge in [-0.25, -0.2) is 0 Å². The smallest absolute Gasteiger partial charge is 0.255 e. The van der Waals surface area contributed by atoms with Crippen LogP contribution < -0.4 is 14.2 Å². The van der Waals surface area contributed by atoms with Crippen molar-refractivity contribution in [3.63, 3.8) is 0 Å². The van der Waals surface area contributed by atoms with E-state index >= 15 is 0 Å². The van der Waals surface area contributed by atoms with E-state index in [4.69, 9.17) is 18.9 Å². The molecule has 3 aromatic rings. The number of methoxy groups -OCH3 is 3. The van der Waals surface area contributed by atoms with E-state index in [1.807, 2.05) is 65.6 Å². The lowest BCUT2D eigenvalue weighted by molar-refractivity contribution is -0.204. The molecule has 2 heterocycles. The third kappa shape index (κ3) is 3.79. The lowest BCUT2D eigenvalue weighted by atomic mass is 9.77. The van der Waals surface area contributed by atoms with Crippen molar-refractivity contribution in [2.24, 2.45) is 0 Å². The summed E-state index contributed by atoms with van der Waals surface area (Å²) in [7, 11) is 4.56. The monoisotopic (exact) mass is 489 g/mol. The molecule has 1 N–H and O–H groups in total. The van der Waals surface area contributed by atoms with Crippen LogP contribution in [0.5, 0.6) is 17.2 Å². The SMILES string of the molecule is COc1cc(OC)c([C@@H](O)[C@@H]2OC(c3ccccc3)(c3ccccc3)[C@@H]3CCCN3C2=O)cc1OC. The second-order valence-electron chi connectivity index (χ2n) is 9.09. The van der Waals surface area contributed by atoms with Crippen molar-refractivity contribution >= 4 is 5.91 Å². The molecule has 0 unspecified atom stereocenters. The number of rotatable bonds is 7. The lowest BCUT2D eigenvalue weighted by Gasteiger charge is -2.51. The van der Waals surface area contributed by atoms with Crippen molar-refractivity contribution in [3.05, 3.63) is 89.5 Å². The Bertz CT molecular complexity index is 1180. The van der Waals surface area contributed by atoms with Crippen molar-refractivity contribution in [2.45, 2.75) is 36.7 Å². The zero-order chi connectivity index (χ0) is 25.3. The largest absolute Gasteiger partial charge is 0.496 e. The van der Waals surface area contributed by atoms with Crippen LogP contribution in [0.4, 0.5) is 0 Å². The first-order valence-electron chi connectivity index (χ1n) is 12.1. The number of aliphatic hydroxyl groups is 1. The molecular formula is C29H31NO6. The molecule has 0 spiro atoms. The Morgan fingerprint density at radius 3 is 2.00 bits per heavy atom. The molecular weight excluding hydrogens is 458 g/mol. The summed E-state index contributed by atoms with van der Waals surface area (Å²) in [6.45, 7) is 0.612. The number of hydrogen-bond acceptors (Lipinski definition) is 6. The van der Waals surface area contributed by atoms with E-state index in [1.54, 1.807) is 12.1 Å². The standard InChI is InChI=1S/C29H31NO6/c1-33-22-18-24(35-3)23(34-2)17-21(22)26(31)27-28(32)30-16-10-15-25(30)29(36-27,19-11-6-4-7-12-19)20-13-8-5-9-14-20/h4-9,11-14,17-18,25-27,31H,10,15-16H2,1-3H3/t25-,26+,27-/m0/s1. The molecule has 0 bridgehead atoms. The van der Waals surface area contributed by atoms with Crippen LogP contribution in [0.15, 0.2) is 72.8 Å². The number of nitrogens with zero attached hydrogens (tertiary/aromatic N) is 1. The second kappa shape index (κ2) is 9.84. The molecule has 0 aromatic heterocycles. The molecule has 2 aliphatic heterocycles. The van der Waals surface area contributed by atoms with Gasteiger partial charge in [0.25, 0.3) is 5.91 Å². The van der Waals surface area contributed by atoms with Crippen LogP contribution in [0.3, 0.4) is 0 Å². The number of carbonyl (C=O) groups excluding carboxylic acids is 1. The molecule has 2 aliphatic rings. The van der Waals surface area contributed by atoms with Gasteiger partial charge < -0.3 is 29.0 Å². The molecule has 36 heavy (non-hydrogen) atoms. The van der Waals surface area contributed by atoms with Crippen LogP contribution in [0.25, 0.3) is 0 Å². The zero-order valence-corrected chi connectivity index (χ0v) is 20.7. The van der Waals surface area contributed by atoms with E-state index in [0.29, 0.717) is 29.4 Å². The first kappa shape index (κ1) is 24.2. The Morgan fingerprint density at radius 2 is 1.44 bits per heavy atom. The van der Waals surface area contributed by atoms with Crippen LogP contribution in [0.2, 0.25) is 0 Å². The number of carbonyl (C=O) groups is 1. The Kier molecular flexibility index (Phi) is 6.60. The Balaban J connectivity index is 1.67. The van der Waals surface area contributed by atoms with Gasteiger partial charge >= 0.3 is 0 Å². The quantitative estimate of drug-likeness (QED) is 0.539. The Morgan fingerprint density at radius 1 is 0.889 bits per heavy atom. The molecule has 0 radical (unpaired) electrons. The molecule has 2 saturated heterocycles. The molecule has 7 heteroatoms. The van der Waals surface area contributed by atoms with Crippen LogP contribution in [0, 0.1) is 0 Å². The van der Waals surface area contributed by atoms with Gasteiger partial charge in [0.15, 0.2) is 17.6 Å². The Hall–Kier alpha value is -3.55. The first-order chi connectivity index (χ1) is 17.5. The van der Waals surface area contributed by atoms with Crippen molar-refractivity contribution in [1.82, 2.24) is 4.90 Å². The van der Waals surface area contributed by atoms with Gasteiger partial charge in [-0.1, -0.05) is 60.7 Å². The second-order valence-corrected chi connectivity index (χ2v) is 9.09. The normalized spacial score (nSPS) is 21.6. The topological polar surface area (TPSA) is 77.5 Å². The average Bonchev–Trinajstić information content (AvgIpc) is 3.44. The maximum Gasteiger partial charge on any atom is 0.255 e. The summed E-state index contributed by atoms with van der Waals surface area (Å²) in [4.78, 5) is 15.7. The number of ether oxygens (including phenoxy) is 4. The van der Waals surface area contributed by atoms with E-state index in [1.165, 1.54) is 21.3 Å². The maximum atomic E-state index is 13.8. The van der Waals surface area contributed by atoms with Crippen LogP contribution in [0.1, 0.15) is 35.6 Å². The molecule has 188 valence electrons. The van der Waals surface area contributed by atoms with Gasteiger partial charge in [-0.3, -0.25) is 4.79 Å². The number of morpholine rings is 1. The Labute approximate surface area is 211 Å². The highest BCUT2D eigenvalue weighted by Crippen LogP contribution is 2.50. The van der Waals surface area contributed by atoms with Gasteiger partial charge in [-0.15, -0.1) is 0 Å². The molecule has 0 aliphatic carbocycles. The number of fused-ring (bicyclic) bond motifs is 1. The fourth-order valence-corrected chi connectivity index (χ4v) is 5.65. The van der Waals surface area contributed by atoms with Crippen molar-refractivity contribution < 1.29 is 28.8 Å². The summed E-state index contributed by atoms with van der Waals surface area (Å²) in [5.41, 5.74) is 1.33. The third-order valence-electron chi connectivity index (χ3n) is 7.31.